The molecule has 3 unspecified atom stereocenters. The van der Waals surface area contributed by atoms with Crippen LogP contribution in [-0.4, -0.2) is 59.9 Å². The molecule has 56 heavy (non-hydrogen) atoms. The second kappa shape index (κ2) is 39.0. The lowest BCUT2D eigenvalue weighted by Gasteiger charge is -2.20. The van der Waals surface area contributed by atoms with Crippen molar-refractivity contribution in [2.24, 2.45) is 5.73 Å². The van der Waals surface area contributed by atoms with Crippen LogP contribution in [0.2, 0.25) is 0 Å². The smallest absolute Gasteiger partial charge is 0.472 e. The molecule has 0 saturated heterocycles. The van der Waals surface area contributed by atoms with E-state index in [-0.39, 0.29) is 19.4 Å². The number of ether oxygens (including phenoxy) is 2. The number of hydrogen-bond acceptors (Lipinski definition) is 9. The molecule has 322 valence electrons. The molecule has 0 radical (unpaired) electrons. The van der Waals surface area contributed by atoms with Gasteiger partial charge in [0.1, 0.15) is 12.6 Å². The van der Waals surface area contributed by atoms with Gasteiger partial charge in [-0.1, -0.05) is 139 Å². The van der Waals surface area contributed by atoms with Gasteiger partial charge < -0.3 is 25.2 Å². The van der Waals surface area contributed by atoms with Crippen LogP contribution in [-0.2, 0) is 37.5 Å². The highest BCUT2D eigenvalue weighted by Crippen LogP contribution is 2.43. The zero-order valence-corrected chi connectivity index (χ0v) is 35.6. The van der Waals surface area contributed by atoms with E-state index in [0.717, 1.165) is 70.6 Å². The Morgan fingerprint density at radius 1 is 0.571 bits per heavy atom. The fourth-order valence-corrected chi connectivity index (χ4v) is 6.18. The third-order valence-electron chi connectivity index (χ3n) is 8.75. The number of carboxylic acids is 1. The molecular formula is C44H76NO10P. The summed E-state index contributed by atoms with van der Waals surface area (Å²) >= 11 is 0. The summed E-state index contributed by atoms with van der Waals surface area (Å²) in [6, 6.07) is -1.53. The van der Waals surface area contributed by atoms with Crippen LogP contribution in [0, 0.1) is 0 Å². The molecule has 0 heterocycles. The first-order chi connectivity index (χ1) is 27.1. The van der Waals surface area contributed by atoms with Gasteiger partial charge in [0.05, 0.1) is 13.2 Å². The first kappa shape index (κ1) is 53.2. The average molecular weight is 810 g/mol. The lowest BCUT2D eigenvalue weighted by Crippen LogP contribution is -2.34. The number of rotatable bonds is 39. The minimum atomic E-state index is -4.73. The molecule has 12 heteroatoms. The molecule has 0 rings (SSSR count). The molecule has 0 aliphatic rings. The molecule has 0 aromatic carbocycles. The van der Waals surface area contributed by atoms with Gasteiger partial charge in [0.2, 0.25) is 0 Å². The van der Waals surface area contributed by atoms with E-state index >= 15 is 0 Å². The van der Waals surface area contributed by atoms with E-state index in [1.165, 1.54) is 57.8 Å². The summed E-state index contributed by atoms with van der Waals surface area (Å²) in [6.07, 6.45) is 44.3. The summed E-state index contributed by atoms with van der Waals surface area (Å²) < 4.78 is 32.6. The number of aliphatic carboxylic acids is 1. The van der Waals surface area contributed by atoms with E-state index < -0.39 is 51.1 Å². The normalized spacial score (nSPS) is 14.4. The molecule has 0 bridgehead atoms. The van der Waals surface area contributed by atoms with Crippen LogP contribution < -0.4 is 5.73 Å². The second-order valence-electron chi connectivity index (χ2n) is 14.1. The first-order valence-electron chi connectivity index (χ1n) is 21.3. The fraction of sp³-hybridized carbons (Fsp3) is 0.705. The third-order valence-corrected chi connectivity index (χ3v) is 9.70. The van der Waals surface area contributed by atoms with E-state index in [9.17, 15) is 23.8 Å². The summed E-state index contributed by atoms with van der Waals surface area (Å²) in [5.41, 5.74) is 5.32. The highest BCUT2D eigenvalue weighted by atomic mass is 31.2. The van der Waals surface area contributed by atoms with E-state index in [1.54, 1.807) is 0 Å². The van der Waals surface area contributed by atoms with Gasteiger partial charge in [-0.2, -0.15) is 0 Å². The maximum absolute atomic E-state index is 12.6. The van der Waals surface area contributed by atoms with Crippen LogP contribution in [0.3, 0.4) is 0 Å². The summed E-state index contributed by atoms with van der Waals surface area (Å²) in [5, 5.41) is 8.88. The minimum absolute atomic E-state index is 0.123. The number of carbonyl (C=O) groups is 3. The summed E-state index contributed by atoms with van der Waals surface area (Å²) in [5.74, 6) is -2.43. The Kier molecular flexibility index (Phi) is 37.1. The lowest BCUT2D eigenvalue weighted by molar-refractivity contribution is -0.161. The third kappa shape index (κ3) is 38.1. The number of phosphoric ester groups is 1. The molecule has 4 N–H and O–H groups in total. The Balaban J connectivity index is 4.38. The van der Waals surface area contributed by atoms with Gasteiger partial charge >= 0.3 is 25.7 Å². The maximum Gasteiger partial charge on any atom is 0.472 e. The number of carboxylic acid groups (broad SMARTS) is 1. The number of allylic oxidation sites excluding steroid dienone is 10. The molecule has 0 aromatic rings. The van der Waals surface area contributed by atoms with Crippen molar-refractivity contribution in [3.05, 3.63) is 60.8 Å². The molecule has 0 saturated carbocycles. The van der Waals surface area contributed by atoms with E-state index in [0.29, 0.717) is 12.8 Å². The standard InChI is InChI=1S/C44H76NO10P/c1-3-5-7-9-11-13-15-17-18-19-20-21-22-24-25-27-29-31-33-35-42(46)52-37-40(38-53-56(50,51)54-39-41(45)44(48)49)55-43(47)36-34-32-30-28-26-23-16-14-12-10-8-6-4-2/h6,8,11-14,17-18,23,26,40-41H,3-5,7,9-10,15-16,19-22,24-25,27-39,45H2,1-2H3,(H,48,49)(H,50,51)/b8-6-,13-11-,14-12-,18-17-,26-23-. The van der Waals surface area contributed by atoms with Crippen molar-refractivity contribution in [3.63, 3.8) is 0 Å². The Bertz CT molecular complexity index is 1180. The zero-order chi connectivity index (χ0) is 41.4. The van der Waals surface area contributed by atoms with Crippen molar-refractivity contribution in [2.75, 3.05) is 19.8 Å². The van der Waals surface area contributed by atoms with Gasteiger partial charge in [-0.15, -0.1) is 0 Å². The van der Waals surface area contributed by atoms with E-state index in [1.807, 2.05) is 0 Å². The van der Waals surface area contributed by atoms with Crippen LogP contribution in [0.1, 0.15) is 168 Å². The Morgan fingerprint density at radius 2 is 1.00 bits per heavy atom. The lowest BCUT2D eigenvalue weighted by atomic mass is 10.1. The SMILES string of the molecule is CC/C=C\C/C=C\C/C=C\CCCCCC(=O)OC(COC(=O)CCCCCCCCCCC/C=C\C/C=C\CCCCC)COP(=O)(O)OCC(N)C(=O)O. The molecule has 0 aromatic heterocycles. The molecule has 0 aliphatic heterocycles. The molecule has 0 aliphatic carbocycles. The largest absolute Gasteiger partial charge is 0.480 e. The summed E-state index contributed by atoms with van der Waals surface area (Å²) in [7, 11) is -4.73. The number of carbonyl (C=O) groups excluding carboxylic acids is 2. The topological polar surface area (TPSA) is 172 Å². The van der Waals surface area contributed by atoms with Crippen LogP contribution in [0.25, 0.3) is 0 Å². The van der Waals surface area contributed by atoms with Gasteiger partial charge in [0.15, 0.2) is 6.10 Å². The van der Waals surface area contributed by atoms with Crippen LogP contribution in [0.5, 0.6) is 0 Å². The minimum Gasteiger partial charge on any atom is -0.480 e. The number of esters is 2. The van der Waals surface area contributed by atoms with Gasteiger partial charge in [0, 0.05) is 12.8 Å². The molecule has 0 spiro atoms. The molecule has 0 amide bonds. The van der Waals surface area contributed by atoms with Gasteiger partial charge in [-0.25, -0.2) is 4.57 Å². The Morgan fingerprint density at radius 3 is 1.52 bits per heavy atom. The molecule has 11 nitrogen and oxygen atoms in total. The van der Waals surface area contributed by atoms with Crippen LogP contribution in [0.4, 0.5) is 0 Å². The Labute approximate surface area is 338 Å². The van der Waals surface area contributed by atoms with E-state index in [4.69, 9.17) is 24.8 Å². The molecule has 3 atom stereocenters. The van der Waals surface area contributed by atoms with Gasteiger partial charge in [-0.05, 0) is 77.0 Å². The highest BCUT2D eigenvalue weighted by molar-refractivity contribution is 7.47. The number of unbranched alkanes of at least 4 members (excludes halogenated alkanes) is 15. The number of nitrogens with two attached hydrogens (primary N) is 1. The summed E-state index contributed by atoms with van der Waals surface area (Å²) in [4.78, 5) is 45.9. The van der Waals surface area contributed by atoms with Crippen molar-refractivity contribution in [1.29, 1.82) is 0 Å². The van der Waals surface area contributed by atoms with Gasteiger partial charge in [-0.3, -0.25) is 23.4 Å². The summed E-state index contributed by atoms with van der Waals surface area (Å²) in [6.45, 7) is 2.62. The zero-order valence-electron chi connectivity index (χ0n) is 34.7. The van der Waals surface area contributed by atoms with Crippen molar-refractivity contribution >= 4 is 25.7 Å². The monoisotopic (exact) mass is 810 g/mol. The number of hydrogen-bond donors (Lipinski definition) is 3. The van der Waals surface area contributed by atoms with Crippen molar-refractivity contribution in [3.8, 4) is 0 Å². The van der Waals surface area contributed by atoms with Crippen LogP contribution in [0.15, 0.2) is 60.8 Å². The first-order valence-corrected chi connectivity index (χ1v) is 22.8. The molecule has 0 fully saturated rings. The fourth-order valence-electron chi connectivity index (χ4n) is 5.40. The predicted molar refractivity (Wildman–Crippen MR) is 226 cm³/mol. The molecular weight excluding hydrogens is 733 g/mol. The van der Waals surface area contributed by atoms with Gasteiger partial charge in [0.25, 0.3) is 0 Å². The van der Waals surface area contributed by atoms with Crippen LogP contribution >= 0.6 is 7.82 Å². The quantitative estimate of drug-likeness (QED) is 0.0233. The second-order valence-corrected chi connectivity index (χ2v) is 15.5. The maximum atomic E-state index is 12.6. The Hall–Kier alpha value is -2.82. The van der Waals surface area contributed by atoms with Crippen molar-refractivity contribution < 1.29 is 47.5 Å². The van der Waals surface area contributed by atoms with Crippen molar-refractivity contribution in [2.45, 2.75) is 180 Å². The highest BCUT2D eigenvalue weighted by Gasteiger charge is 2.28. The predicted octanol–water partition coefficient (Wildman–Crippen LogP) is 11.2. The number of phosphoric acid groups is 1. The van der Waals surface area contributed by atoms with E-state index in [2.05, 4.69) is 79.1 Å². The average Bonchev–Trinajstić information content (AvgIpc) is 3.17. The van der Waals surface area contributed by atoms with Crippen molar-refractivity contribution in [1.82, 2.24) is 0 Å².